The van der Waals surface area contributed by atoms with Crippen molar-refractivity contribution in [3.8, 4) is 0 Å². The van der Waals surface area contributed by atoms with Crippen LogP contribution in [0.15, 0.2) is 30.3 Å². The zero-order valence-electron chi connectivity index (χ0n) is 10.9. The average molecular weight is 246 g/mol. The molecule has 18 heavy (non-hydrogen) atoms. The van der Waals surface area contributed by atoms with Crippen LogP contribution in [0, 0.1) is 11.8 Å². The molecule has 98 valence electrons. The molecule has 3 atom stereocenters. The molecule has 1 aromatic rings. The Hall–Kier alpha value is -1.35. The average Bonchev–Trinajstić information content (AvgIpc) is 2.81. The van der Waals surface area contributed by atoms with Gasteiger partial charge in [0, 0.05) is 6.54 Å². The summed E-state index contributed by atoms with van der Waals surface area (Å²) in [7, 11) is 0. The van der Waals surface area contributed by atoms with E-state index in [0.717, 1.165) is 18.0 Å². The highest BCUT2D eigenvalue weighted by molar-refractivity contribution is 5.82. The van der Waals surface area contributed by atoms with Gasteiger partial charge in [-0.1, -0.05) is 50.1 Å². The summed E-state index contributed by atoms with van der Waals surface area (Å²) in [6.07, 6.45) is 3.79. The monoisotopic (exact) mass is 246 g/mol. The van der Waals surface area contributed by atoms with Crippen molar-refractivity contribution in [3.05, 3.63) is 35.9 Å². The summed E-state index contributed by atoms with van der Waals surface area (Å²) in [4.78, 5) is 12.0. The van der Waals surface area contributed by atoms with Crippen LogP contribution < -0.4 is 11.1 Å². The maximum absolute atomic E-state index is 12.0. The molecular formula is C15H22N2O. The zero-order chi connectivity index (χ0) is 13.0. The van der Waals surface area contributed by atoms with E-state index in [1.54, 1.807) is 0 Å². The third kappa shape index (κ3) is 3.10. The Morgan fingerprint density at radius 3 is 2.72 bits per heavy atom. The van der Waals surface area contributed by atoms with Crippen LogP contribution in [0.2, 0.25) is 0 Å². The highest BCUT2D eigenvalue weighted by Crippen LogP contribution is 2.30. The Morgan fingerprint density at radius 1 is 1.39 bits per heavy atom. The topological polar surface area (TPSA) is 55.1 Å². The van der Waals surface area contributed by atoms with Crippen LogP contribution >= 0.6 is 0 Å². The Balaban J connectivity index is 1.84. The summed E-state index contributed by atoms with van der Waals surface area (Å²) in [6, 6.07) is 8.96. The first-order chi connectivity index (χ1) is 8.68. The van der Waals surface area contributed by atoms with Crippen molar-refractivity contribution < 1.29 is 4.79 Å². The van der Waals surface area contributed by atoms with Gasteiger partial charge >= 0.3 is 0 Å². The molecule has 3 nitrogen and oxygen atoms in total. The molecule has 1 fully saturated rings. The van der Waals surface area contributed by atoms with Crippen molar-refractivity contribution in [2.45, 2.75) is 32.2 Å². The normalized spacial score (nSPS) is 24.8. The summed E-state index contributed by atoms with van der Waals surface area (Å²) < 4.78 is 0. The lowest BCUT2D eigenvalue weighted by Gasteiger charge is -2.18. The van der Waals surface area contributed by atoms with Gasteiger partial charge in [-0.2, -0.15) is 0 Å². The predicted molar refractivity (Wildman–Crippen MR) is 72.9 cm³/mol. The lowest BCUT2D eigenvalue weighted by atomic mass is 9.98. The van der Waals surface area contributed by atoms with E-state index < -0.39 is 6.04 Å². The lowest BCUT2D eigenvalue weighted by molar-refractivity contribution is -0.122. The van der Waals surface area contributed by atoms with Crippen molar-refractivity contribution in [2.75, 3.05) is 6.54 Å². The summed E-state index contributed by atoms with van der Waals surface area (Å²) >= 11 is 0. The Morgan fingerprint density at radius 2 is 2.11 bits per heavy atom. The van der Waals surface area contributed by atoms with Crippen molar-refractivity contribution in [1.82, 2.24) is 5.32 Å². The molecule has 1 amide bonds. The highest BCUT2D eigenvalue weighted by Gasteiger charge is 2.24. The van der Waals surface area contributed by atoms with Gasteiger partial charge in [0.05, 0.1) is 0 Å². The Labute approximate surface area is 109 Å². The quantitative estimate of drug-likeness (QED) is 0.856. The van der Waals surface area contributed by atoms with Crippen molar-refractivity contribution >= 4 is 5.91 Å². The molecule has 0 aromatic heterocycles. The SMILES string of the molecule is CC1CCCC1CNC(=O)[C@H](N)c1ccccc1. The zero-order valence-corrected chi connectivity index (χ0v) is 10.9. The fraction of sp³-hybridized carbons (Fsp3) is 0.533. The first-order valence-corrected chi connectivity index (χ1v) is 6.76. The molecule has 2 unspecified atom stereocenters. The fourth-order valence-corrected chi connectivity index (χ4v) is 2.68. The van der Waals surface area contributed by atoms with Crippen molar-refractivity contribution in [1.29, 1.82) is 0 Å². The van der Waals surface area contributed by atoms with Crippen LogP contribution in [0.25, 0.3) is 0 Å². The maximum atomic E-state index is 12.0. The molecular weight excluding hydrogens is 224 g/mol. The molecule has 0 heterocycles. The van der Waals surface area contributed by atoms with E-state index in [4.69, 9.17) is 5.73 Å². The third-order valence-corrected chi connectivity index (χ3v) is 4.02. The van der Waals surface area contributed by atoms with E-state index >= 15 is 0 Å². The number of carbonyl (C=O) groups is 1. The highest BCUT2D eigenvalue weighted by atomic mass is 16.2. The number of nitrogens with two attached hydrogens (primary N) is 1. The smallest absolute Gasteiger partial charge is 0.241 e. The van der Waals surface area contributed by atoms with Gasteiger partial charge in [0.1, 0.15) is 6.04 Å². The number of amides is 1. The molecule has 3 N–H and O–H groups in total. The standard InChI is InChI=1S/C15H22N2O/c1-11-6-5-9-13(11)10-17-15(18)14(16)12-7-3-2-4-8-12/h2-4,7-8,11,13-14H,5-6,9-10,16H2,1H3,(H,17,18)/t11?,13?,14-/m1/s1. The van der Waals surface area contributed by atoms with Gasteiger partial charge in [-0.05, 0) is 23.8 Å². The summed E-state index contributed by atoms with van der Waals surface area (Å²) in [5.41, 5.74) is 6.82. The van der Waals surface area contributed by atoms with Crippen LogP contribution in [0.4, 0.5) is 0 Å². The van der Waals surface area contributed by atoms with Gasteiger partial charge in [0.25, 0.3) is 0 Å². The first-order valence-electron chi connectivity index (χ1n) is 6.76. The molecule has 0 saturated heterocycles. The van der Waals surface area contributed by atoms with Crippen molar-refractivity contribution in [2.24, 2.45) is 17.6 Å². The van der Waals surface area contributed by atoms with Crippen LogP contribution in [-0.2, 0) is 4.79 Å². The van der Waals surface area contributed by atoms with Gasteiger partial charge in [-0.3, -0.25) is 4.79 Å². The first kappa shape index (κ1) is 13.1. The minimum Gasteiger partial charge on any atom is -0.354 e. The molecule has 0 aliphatic heterocycles. The van der Waals surface area contributed by atoms with E-state index in [0.29, 0.717) is 5.92 Å². The molecule has 1 saturated carbocycles. The summed E-state index contributed by atoms with van der Waals surface area (Å²) in [5, 5.41) is 2.99. The Bertz CT molecular complexity index is 391. The van der Waals surface area contributed by atoms with Crippen LogP contribution in [0.3, 0.4) is 0 Å². The number of benzene rings is 1. The second kappa shape index (κ2) is 6.01. The van der Waals surface area contributed by atoms with Crippen LogP contribution in [-0.4, -0.2) is 12.5 Å². The second-order valence-corrected chi connectivity index (χ2v) is 5.30. The number of rotatable bonds is 4. The van der Waals surface area contributed by atoms with Gasteiger partial charge in [0.15, 0.2) is 0 Å². The predicted octanol–water partition coefficient (Wildman–Crippen LogP) is 2.24. The van der Waals surface area contributed by atoms with Crippen LogP contribution in [0.1, 0.15) is 37.8 Å². The lowest BCUT2D eigenvalue weighted by Crippen LogP contribution is -2.37. The van der Waals surface area contributed by atoms with Crippen molar-refractivity contribution in [3.63, 3.8) is 0 Å². The maximum Gasteiger partial charge on any atom is 0.241 e. The van der Waals surface area contributed by atoms with Gasteiger partial charge < -0.3 is 11.1 Å². The number of hydrogen-bond donors (Lipinski definition) is 2. The third-order valence-electron chi connectivity index (χ3n) is 4.02. The number of nitrogens with one attached hydrogen (secondary N) is 1. The van der Waals surface area contributed by atoms with Gasteiger partial charge in [-0.25, -0.2) is 0 Å². The number of hydrogen-bond acceptors (Lipinski definition) is 2. The van der Waals surface area contributed by atoms with E-state index in [1.165, 1.54) is 19.3 Å². The largest absolute Gasteiger partial charge is 0.354 e. The fourth-order valence-electron chi connectivity index (χ4n) is 2.68. The van der Waals surface area contributed by atoms with Crippen LogP contribution in [0.5, 0.6) is 0 Å². The van der Waals surface area contributed by atoms with E-state index in [-0.39, 0.29) is 5.91 Å². The van der Waals surface area contributed by atoms with Gasteiger partial charge in [-0.15, -0.1) is 0 Å². The van der Waals surface area contributed by atoms with E-state index in [1.807, 2.05) is 30.3 Å². The molecule has 0 bridgehead atoms. The number of carbonyl (C=O) groups excluding carboxylic acids is 1. The minimum absolute atomic E-state index is 0.0692. The molecule has 0 spiro atoms. The van der Waals surface area contributed by atoms with E-state index in [9.17, 15) is 4.79 Å². The second-order valence-electron chi connectivity index (χ2n) is 5.30. The molecule has 1 aromatic carbocycles. The minimum atomic E-state index is -0.553. The molecule has 3 heteroatoms. The molecule has 2 rings (SSSR count). The summed E-state index contributed by atoms with van der Waals surface area (Å²) in [5.74, 6) is 1.27. The van der Waals surface area contributed by atoms with E-state index in [2.05, 4.69) is 12.2 Å². The molecule has 0 radical (unpaired) electrons. The summed E-state index contributed by atoms with van der Waals surface area (Å²) in [6.45, 7) is 3.03. The van der Waals surface area contributed by atoms with Gasteiger partial charge in [0.2, 0.25) is 5.91 Å². The molecule has 1 aliphatic carbocycles. The Kier molecular flexibility index (Phi) is 4.37. The molecule has 1 aliphatic rings.